The van der Waals surface area contributed by atoms with E-state index in [0.29, 0.717) is 6.04 Å². The number of hydrogen-bond donors (Lipinski definition) is 1. The minimum atomic E-state index is 0.521. The maximum atomic E-state index is 4.49. The summed E-state index contributed by atoms with van der Waals surface area (Å²) in [4.78, 5) is 0. The number of aryl methyl sites for hydroxylation is 1. The number of aromatic nitrogens is 2. The smallest absolute Gasteiger partial charge is 0.0655 e. The number of nitrogens with zero attached hydrogens (tertiary/aromatic N) is 2. The van der Waals surface area contributed by atoms with Gasteiger partial charge in [0.15, 0.2) is 0 Å². The van der Waals surface area contributed by atoms with Gasteiger partial charge in [0.05, 0.1) is 12.2 Å². The van der Waals surface area contributed by atoms with Gasteiger partial charge in [-0.15, -0.1) is 0 Å². The van der Waals surface area contributed by atoms with E-state index in [9.17, 15) is 0 Å². The Morgan fingerprint density at radius 2 is 2.24 bits per heavy atom. The third-order valence-corrected chi connectivity index (χ3v) is 3.47. The molecule has 2 heterocycles. The van der Waals surface area contributed by atoms with E-state index in [4.69, 9.17) is 0 Å². The second kappa shape index (κ2) is 4.34. The average Bonchev–Trinajstić information content (AvgIpc) is 3.00. The van der Waals surface area contributed by atoms with Gasteiger partial charge in [-0.25, -0.2) is 0 Å². The molecule has 0 amide bonds. The Bertz CT molecular complexity index is 510. The molecule has 1 atom stereocenters. The van der Waals surface area contributed by atoms with E-state index in [0.717, 1.165) is 13.1 Å². The van der Waals surface area contributed by atoms with Gasteiger partial charge in [0.2, 0.25) is 0 Å². The summed E-state index contributed by atoms with van der Waals surface area (Å²) in [6, 6.07) is 8.97. The van der Waals surface area contributed by atoms with E-state index in [1.807, 2.05) is 6.20 Å². The molecule has 0 saturated carbocycles. The number of rotatable bonds is 2. The first-order chi connectivity index (χ1) is 8.34. The number of hydrogen-bond acceptors (Lipinski definition) is 2. The van der Waals surface area contributed by atoms with Gasteiger partial charge in [-0.3, -0.25) is 4.68 Å². The predicted molar refractivity (Wildman–Crippen MR) is 68.9 cm³/mol. The molecule has 3 rings (SSSR count). The molecule has 3 nitrogen and oxygen atoms in total. The molecule has 1 aromatic carbocycles. The van der Waals surface area contributed by atoms with Gasteiger partial charge in [-0.2, -0.15) is 5.10 Å². The van der Waals surface area contributed by atoms with E-state index >= 15 is 0 Å². The van der Waals surface area contributed by atoms with Gasteiger partial charge in [0.25, 0.3) is 0 Å². The molecule has 3 heteroatoms. The lowest BCUT2D eigenvalue weighted by Gasteiger charge is -2.08. The van der Waals surface area contributed by atoms with Crippen molar-refractivity contribution in [1.29, 1.82) is 0 Å². The fourth-order valence-corrected chi connectivity index (χ4v) is 2.44. The lowest BCUT2D eigenvalue weighted by atomic mass is 10.0. The van der Waals surface area contributed by atoms with E-state index in [2.05, 4.69) is 52.5 Å². The van der Waals surface area contributed by atoms with E-state index in [-0.39, 0.29) is 0 Å². The fraction of sp³-hybridized carbons (Fsp3) is 0.357. The standard InChI is InChI=1S/C14H17N3/c1-11-4-2-3-5-14(11)12-8-16-17(10-12)13-6-7-15-9-13/h2-5,8,10,13,15H,6-7,9H2,1H3. The highest BCUT2D eigenvalue weighted by Gasteiger charge is 2.17. The fourth-order valence-electron chi connectivity index (χ4n) is 2.44. The summed E-state index contributed by atoms with van der Waals surface area (Å²) in [5.74, 6) is 0. The minimum absolute atomic E-state index is 0.521. The quantitative estimate of drug-likeness (QED) is 0.853. The van der Waals surface area contributed by atoms with Crippen molar-refractivity contribution >= 4 is 0 Å². The second-order valence-electron chi connectivity index (χ2n) is 4.67. The first-order valence-corrected chi connectivity index (χ1v) is 6.15. The third kappa shape index (κ3) is 1.98. The van der Waals surface area contributed by atoms with Crippen LogP contribution in [0.5, 0.6) is 0 Å². The van der Waals surface area contributed by atoms with Crippen LogP contribution < -0.4 is 5.32 Å². The van der Waals surface area contributed by atoms with E-state index in [1.165, 1.54) is 23.1 Å². The van der Waals surface area contributed by atoms with Crippen molar-refractivity contribution in [1.82, 2.24) is 15.1 Å². The van der Waals surface area contributed by atoms with Gasteiger partial charge in [-0.05, 0) is 31.0 Å². The highest BCUT2D eigenvalue weighted by atomic mass is 15.3. The maximum Gasteiger partial charge on any atom is 0.0655 e. The second-order valence-corrected chi connectivity index (χ2v) is 4.67. The maximum absolute atomic E-state index is 4.49. The molecule has 0 spiro atoms. The summed E-state index contributed by atoms with van der Waals surface area (Å²) in [7, 11) is 0. The van der Waals surface area contributed by atoms with Crippen molar-refractivity contribution < 1.29 is 0 Å². The molecule has 1 saturated heterocycles. The van der Waals surface area contributed by atoms with Crippen molar-refractivity contribution in [3.05, 3.63) is 42.2 Å². The zero-order chi connectivity index (χ0) is 11.7. The number of nitrogens with one attached hydrogen (secondary N) is 1. The first-order valence-electron chi connectivity index (χ1n) is 6.15. The van der Waals surface area contributed by atoms with Crippen LogP contribution in [0, 0.1) is 6.92 Å². The molecule has 1 aliphatic heterocycles. The van der Waals surface area contributed by atoms with Crippen molar-refractivity contribution in [2.45, 2.75) is 19.4 Å². The number of benzene rings is 1. The Balaban J connectivity index is 1.92. The molecule has 1 fully saturated rings. The van der Waals surface area contributed by atoms with E-state index in [1.54, 1.807) is 0 Å². The molecular formula is C14H17N3. The Hall–Kier alpha value is -1.61. The lowest BCUT2D eigenvalue weighted by molar-refractivity contribution is 0.491. The molecule has 88 valence electrons. The van der Waals surface area contributed by atoms with Crippen molar-refractivity contribution in [3.63, 3.8) is 0 Å². The van der Waals surface area contributed by atoms with Crippen LogP contribution in [0.1, 0.15) is 18.0 Å². The molecule has 0 bridgehead atoms. The summed E-state index contributed by atoms with van der Waals surface area (Å²) in [5.41, 5.74) is 3.80. The highest BCUT2D eigenvalue weighted by molar-refractivity contribution is 5.65. The van der Waals surface area contributed by atoms with Crippen LogP contribution in [0.25, 0.3) is 11.1 Å². The predicted octanol–water partition coefficient (Wildman–Crippen LogP) is 2.39. The summed E-state index contributed by atoms with van der Waals surface area (Å²) in [5, 5.41) is 7.86. The summed E-state index contributed by atoms with van der Waals surface area (Å²) >= 11 is 0. The normalized spacial score (nSPS) is 19.7. The van der Waals surface area contributed by atoms with Gasteiger partial charge >= 0.3 is 0 Å². The molecule has 1 N–H and O–H groups in total. The molecule has 1 aromatic heterocycles. The zero-order valence-corrected chi connectivity index (χ0v) is 10.1. The summed E-state index contributed by atoms with van der Waals surface area (Å²) < 4.78 is 2.10. The summed E-state index contributed by atoms with van der Waals surface area (Å²) in [6.07, 6.45) is 5.32. The van der Waals surface area contributed by atoms with E-state index < -0.39 is 0 Å². The SMILES string of the molecule is Cc1ccccc1-c1cnn(C2CCNC2)c1. The average molecular weight is 227 g/mol. The zero-order valence-electron chi connectivity index (χ0n) is 10.1. The van der Waals surface area contributed by atoms with Gasteiger partial charge in [0.1, 0.15) is 0 Å². The first kappa shape index (κ1) is 10.5. The monoisotopic (exact) mass is 227 g/mol. The molecule has 1 unspecified atom stereocenters. The Kier molecular flexibility index (Phi) is 2.69. The molecule has 0 radical (unpaired) electrons. The Morgan fingerprint density at radius 3 is 3.00 bits per heavy atom. The molecule has 0 aliphatic carbocycles. The van der Waals surface area contributed by atoms with Crippen LogP contribution in [-0.4, -0.2) is 22.9 Å². The van der Waals surface area contributed by atoms with Crippen molar-refractivity contribution in [2.24, 2.45) is 0 Å². The molecule has 1 aliphatic rings. The minimum Gasteiger partial charge on any atom is -0.315 e. The van der Waals surface area contributed by atoms with Crippen LogP contribution in [0.15, 0.2) is 36.7 Å². The van der Waals surface area contributed by atoms with Crippen molar-refractivity contribution in [3.8, 4) is 11.1 Å². The Morgan fingerprint density at radius 1 is 1.35 bits per heavy atom. The van der Waals surface area contributed by atoms with Crippen LogP contribution in [0.4, 0.5) is 0 Å². The topological polar surface area (TPSA) is 29.9 Å². The molecular weight excluding hydrogens is 210 g/mol. The lowest BCUT2D eigenvalue weighted by Crippen LogP contribution is -2.13. The highest BCUT2D eigenvalue weighted by Crippen LogP contribution is 2.24. The third-order valence-electron chi connectivity index (χ3n) is 3.47. The van der Waals surface area contributed by atoms with Crippen molar-refractivity contribution in [2.75, 3.05) is 13.1 Å². The van der Waals surface area contributed by atoms with Gasteiger partial charge in [0, 0.05) is 18.3 Å². The largest absolute Gasteiger partial charge is 0.315 e. The van der Waals surface area contributed by atoms with Crippen LogP contribution in [-0.2, 0) is 0 Å². The Labute approximate surface area is 101 Å². The summed E-state index contributed by atoms with van der Waals surface area (Å²) in [6.45, 7) is 4.28. The molecule has 2 aromatic rings. The van der Waals surface area contributed by atoms with Crippen LogP contribution in [0.2, 0.25) is 0 Å². The van der Waals surface area contributed by atoms with Crippen LogP contribution >= 0.6 is 0 Å². The van der Waals surface area contributed by atoms with Gasteiger partial charge < -0.3 is 5.32 Å². The molecule has 17 heavy (non-hydrogen) atoms. The van der Waals surface area contributed by atoms with Crippen LogP contribution in [0.3, 0.4) is 0 Å². The van der Waals surface area contributed by atoms with Gasteiger partial charge in [-0.1, -0.05) is 24.3 Å².